The Hall–Kier alpha value is -0.0600. The molecule has 5 nitrogen and oxygen atoms in total. The van der Waals surface area contributed by atoms with E-state index in [1.807, 2.05) is 13.8 Å². The Bertz CT molecular complexity index is 150. The Morgan fingerprint density at radius 3 is 2.29 bits per heavy atom. The van der Waals surface area contributed by atoms with E-state index in [4.69, 9.17) is 19.7 Å². The first-order chi connectivity index (χ1) is 6.76. The summed E-state index contributed by atoms with van der Waals surface area (Å²) in [6, 6.07) is -0.752. The summed E-state index contributed by atoms with van der Waals surface area (Å²) < 4.78 is 26.7. The van der Waals surface area contributed by atoms with Gasteiger partial charge in [0.15, 0.2) is 0 Å². The van der Waals surface area contributed by atoms with Crippen molar-refractivity contribution in [1.29, 1.82) is 0 Å². The monoisotopic (exact) mass is 224 g/mol. The average molecular weight is 224 g/mol. The van der Waals surface area contributed by atoms with Crippen LogP contribution in [0.2, 0.25) is 0 Å². The highest BCUT2D eigenvalue weighted by Gasteiger charge is 2.34. The van der Waals surface area contributed by atoms with E-state index < -0.39 is 14.1 Å². The minimum absolute atomic E-state index is 0.377. The molecule has 0 aromatic carbocycles. The number of nitrogens with two attached hydrogens (primary N) is 1. The van der Waals surface area contributed by atoms with E-state index in [-0.39, 0.29) is 0 Å². The van der Waals surface area contributed by atoms with Crippen LogP contribution in [0.5, 0.6) is 0 Å². The molecule has 84 valence electrons. The zero-order valence-corrected chi connectivity index (χ0v) is 9.66. The van der Waals surface area contributed by atoms with Gasteiger partial charge in [0.1, 0.15) is 6.61 Å². The Morgan fingerprint density at radius 1 is 1.29 bits per heavy atom. The van der Waals surface area contributed by atoms with Crippen molar-refractivity contribution in [3.63, 3.8) is 0 Å². The molecule has 0 saturated carbocycles. The van der Waals surface area contributed by atoms with Crippen molar-refractivity contribution in [2.75, 3.05) is 26.4 Å². The van der Waals surface area contributed by atoms with Crippen molar-refractivity contribution in [3.8, 4) is 0 Å². The predicted octanol–water partition coefficient (Wildman–Crippen LogP) is 1.45. The molecule has 0 aliphatic carbocycles. The number of rotatable bonds is 9. The molecule has 0 aliphatic rings. The van der Waals surface area contributed by atoms with Crippen LogP contribution in [0.25, 0.3) is 0 Å². The molecule has 0 aliphatic heterocycles. The Labute approximate surface area is 85.8 Å². The van der Waals surface area contributed by atoms with Gasteiger partial charge in [-0.2, -0.15) is 0 Å². The second-order valence-corrected chi connectivity index (χ2v) is 3.73. The Kier molecular flexibility index (Phi) is 9.45. The molecule has 1 atom stereocenters. The van der Waals surface area contributed by atoms with Gasteiger partial charge in [-0.15, -0.1) is 4.52 Å². The van der Waals surface area contributed by atoms with E-state index in [0.29, 0.717) is 32.8 Å². The molecule has 0 aromatic rings. The first-order valence-corrected chi connectivity index (χ1v) is 6.03. The van der Waals surface area contributed by atoms with E-state index in [1.54, 1.807) is 0 Å². The minimum Gasteiger partial charge on any atom is -0.330 e. The number of hydrogen-bond donors (Lipinski definition) is 1. The summed E-state index contributed by atoms with van der Waals surface area (Å²) in [6.45, 7) is 5.43. The first kappa shape index (κ1) is 13.9. The van der Waals surface area contributed by atoms with Crippen molar-refractivity contribution in [3.05, 3.63) is 0 Å². The lowest BCUT2D eigenvalue weighted by Gasteiger charge is -2.05. The molecular weight excluding hydrogens is 205 g/mol. The fourth-order valence-electron chi connectivity index (χ4n) is 0.754. The van der Waals surface area contributed by atoms with Crippen molar-refractivity contribution >= 4 is 8.03 Å². The fourth-order valence-corrected chi connectivity index (χ4v) is 1.73. The number of ether oxygens (including phenoxy) is 2. The highest BCUT2D eigenvalue weighted by atomic mass is 31.1. The van der Waals surface area contributed by atoms with Gasteiger partial charge < -0.3 is 15.2 Å². The van der Waals surface area contributed by atoms with Crippen molar-refractivity contribution in [2.45, 2.75) is 26.3 Å². The second-order valence-electron chi connectivity index (χ2n) is 2.48. The molecule has 0 rings (SSSR count). The standard InChI is InChI=1S/C8H19NO4P/c1-3-11-8(12-4-2)14(10)13-7-5-6-9/h8H,3-7,9H2,1-2H3/q+1. The van der Waals surface area contributed by atoms with Crippen LogP contribution in [-0.4, -0.2) is 32.4 Å². The fraction of sp³-hybridized carbons (Fsp3) is 1.00. The predicted molar refractivity (Wildman–Crippen MR) is 54.3 cm³/mol. The zero-order valence-electron chi connectivity index (χ0n) is 8.77. The lowest BCUT2D eigenvalue weighted by molar-refractivity contribution is -0.0856. The summed E-state index contributed by atoms with van der Waals surface area (Å²) in [5, 5.41) is 0. The molecule has 1 unspecified atom stereocenters. The molecule has 2 N–H and O–H groups in total. The topological polar surface area (TPSA) is 70.8 Å². The number of hydrogen-bond acceptors (Lipinski definition) is 5. The van der Waals surface area contributed by atoms with Crippen LogP contribution in [0.1, 0.15) is 20.3 Å². The molecule has 14 heavy (non-hydrogen) atoms. The van der Waals surface area contributed by atoms with Crippen LogP contribution in [0.3, 0.4) is 0 Å². The van der Waals surface area contributed by atoms with Gasteiger partial charge in [-0.05, 0) is 31.4 Å². The molecule has 6 heteroatoms. The summed E-state index contributed by atoms with van der Waals surface area (Å²) >= 11 is 0. The highest BCUT2D eigenvalue weighted by Crippen LogP contribution is 2.31. The van der Waals surface area contributed by atoms with E-state index >= 15 is 0 Å². The molecule has 0 saturated heterocycles. The quantitative estimate of drug-likeness (QED) is 0.364. The molecule has 0 bridgehead atoms. The van der Waals surface area contributed by atoms with Crippen LogP contribution >= 0.6 is 8.03 Å². The first-order valence-electron chi connectivity index (χ1n) is 4.78. The average Bonchev–Trinajstić information content (AvgIpc) is 2.18. The maximum atomic E-state index is 11.4. The third-order valence-corrected chi connectivity index (χ3v) is 2.44. The third kappa shape index (κ3) is 6.40. The smallest absolute Gasteiger partial charge is 0.330 e. The summed E-state index contributed by atoms with van der Waals surface area (Å²) in [6.07, 6.45) is 0.687. The summed E-state index contributed by atoms with van der Waals surface area (Å²) in [5.41, 5.74) is 5.27. The van der Waals surface area contributed by atoms with Crippen LogP contribution in [0.15, 0.2) is 0 Å². The van der Waals surface area contributed by atoms with Gasteiger partial charge in [-0.3, -0.25) is 0 Å². The Balaban J connectivity index is 3.76. The normalized spacial score (nSPS) is 12.1. The molecule has 0 spiro atoms. The van der Waals surface area contributed by atoms with Gasteiger partial charge in [0, 0.05) is 0 Å². The summed E-state index contributed by atoms with van der Waals surface area (Å²) in [4.78, 5) is 0. The molecule has 0 amide bonds. The van der Waals surface area contributed by atoms with E-state index in [9.17, 15) is 4.57 Å². The largest absolute Gasteiger partial charge is 0.572 e. The van der Waals surface area contributed by atoms with Gasteiger partial charge in [-0.25, -0.2) is 0 Å². The van der Waals surface area contributed by atoms with Crippen LogP contribution in [0.4, 0.5) is 0 Å². The van der Waals surface area contributed by atoms with Gasteiger partial charge in [0.05, 0.1) is 13.2 Å². The van der Waals surface area contributed by atoms with Gasteiger partial charge in [-0.1, -0.05) is 0 Å². The van der Waals surface area contributed by atoms with Gasteiger partial charge in [0.2, 0.25) is 0 Å². The van der Waals surface area contributed by atoms with Crippen molar-refractivity contribution in [2.24, 2.45) is 5.73 Å². The van der Waals surface area contributed by atoms with Crippen LogP contribution in [-0.2, 0) is 18.6 Å². The lowest BCUT2D eigenvalue weighted by atomic mass is 10.5. The Morgan fingerprint density at radius 2 is 1.86 bits per heavy atom. The molecule has 0 aromatic heterocycles. The van der Waals surface area contributed by atoms with E-state index in [0.717, 1.165) is 0 Å². The van der Waals surface area contributed by atoms with E-state index in [1.165, 1.54) is 0 Å². The van der Waals surface area contributed by atoms with Crippen molar-refractivity contribution in [1.82, 2.24) is 0 Å². The zero-order chi connectivity index (χ0) is 10.8. The highest BCUT2D eigenvalue weighted by molar-refractivity contribution is 7.39. The van der Waals surface area contributed by atoms with Crippen LogP contribution in [0, 0.1) is 0 Å². The van der Waals surface area contributed by atoms with Gasteiger partial charge in [0.25, 0.3) is 0 Å². The maximum Gasteiger partial charge on any atom is 0.572 e. The lowest BCUT2D eigenvalue weighted by Crippen LogP contribution is -2.14. The SMILES string of the molecule is CCOC(OCC)[P+](=O)OCCCN. The van der Waals surface area contributed by atoms with E-state index in [2.05, 4.69) is 0 Å². The third-order valence-electron chi connectivity index (χ3n) is 1.36. The second kappa shape index (κ2) is 9.49. The minimum atomic E-state index is -1.92. The summed E-state index contributed by atoms with van der Waals surface area (Å²) in [5.74, 6) is 0. The molecule has 0 fully saturated rings. The van der Waals surface area contributed by atoms with Gasteiger partial charge >= 0.3 is 14.1 Å². The molecular formula is C8H19NO4P+. The summed E-state index contributed by atoms with van der Waals surface area (Å²) in [7, 11) is -1.92. The molecule has 0 heterocycles. The molecule has 0 radical (unpaired) electrons. The van der Waals surface area contributed by atoms with Crippen molar-refractivity contribution < 1.29 is 18.6 Å². The van der Waals surface area contributed by atoms with Crippen LogP contribution < -0.4 is 5.73 Å². The maximum absolute atomic E-state index is 11.4.